The Bertz CT molecular complexity index is 724. The van der Waals surface area contributed by atoms with Crippen molar-refractivity contribution in [2.45, 2.75) is 25.5 Å². The van der Waals surface area contributed by atoms with Crippen LogP contribution in [-0.2, 0) is 22.2 Å². The molecule has 0 atom stereocenters. The first kappa shape index (κ1) is 17.5. The van der Waals surface area contributed by atoms with Crippen molar-refractivity contribution in [3.05, 3.63) is 65.2 Å². The standard InChI is InChI=1S/C18H23NO3S/c1-15-8-10-17(11-9-15)14-23(20,21)19-12-4-6-16-5-3-7-18(13-16)22-2/h3,5,7-11,13,19H,4,6,12,14H2,1-2H3. The van der Waals surface area contributed by atoms with Crippen molar-refractivity contribution in [3.8, 4) is 5.75 Å². The van der Waals surface area contributed by atoms with Crippen LogP contribution in [0.2, 0.25) is 0 Å². The number of sulfonamides is 1. The molecule has 1 N–H and O–H groups in total. The highest BCUT2D eigenvalue weighted by Gasteiger charge is 2.10. The van der Waals surface area contributed by atoms with E-state index < -0.39 is 10.0 Å². The van der Waals surface area contributed by atoms with Crippen LogP contribution >= 0.6 is 0 Å². The molecule has 23 heavy (non-hydrogen) atoms. The van der Waals surface area contributed by atoms with Crippen molar-refractivity contribution < 1.29 is 13.2 Å². The SMILES string of the molecule is COc1cccc(CCCNS(=O)(=O)Cc2ccc(C)cc2)c1. The Labute approximate surface area is 138 Å². The van der Waals surface area contributed by atoms with E-state index in [2.05, 4.69) is 4.72 Å². The van der Waals surface area contributed by atoms with Gasteiger partial charge < -0.3 is 4.74 Å². The lowest BCUT2D eigenvalue weighted by Crippen LogP contribution is -2.26. The van der Waals surface area contributed by atoms with Crippen LogP contribution in [0.4, 0.5) is 0 Å². The Morgan fingerprint density at radius 1 is 1.04 bits per heavy atom. The van der Waals surface area contributed by atoms with Crippen LogP contribution in [0.15, 0.2) is 48.5 Å². The van der Waals surface area contributed by atoms with Crippen LogP contribution < -0.4 is 9.46 Å². The Hall–Kier alpha value is -1.85. The number of ether oxygens (including phenoxy) is 1. The smallest absolute Gasteiger partial charge is 0.215 e. The maximum atomic E-state index is 12.1. The zero-order chi connectivity index (χ0) is 16.7. The Balaban J connectivity index is 1.79. The maximum absolute atomic E-state index is 12.1. The monoisotopic (exact) mass is 333 g/mol. The summed E-state index contributed by atoms with van der Waals surface area (Å²) in [4.78, 5) is 0. The summed E-state index contributed by atoms with van der Waals surface area (Å²) in [6.45, 7) is 2.42. The first-order valence-corrected chi connectivity index (χ1v) is 9.29. The summed E-state index contributed by atoms with van der Waals surface area (Å²) < 4.78 is 32.0. The highest BCUT2D eigenvalue weighted by Crippen LogP contribution is 2.14. The molecule has 0 aliphatic rings. The molecule has 0 bridgehead atoms. The van der Waals surface area contributed by atoms with Crippen molar-refractivity contribution in [2.75, 3.05) is 13.7 Å². The summed E-state index contributed by atoms with van der Waals surface area (Å²) in [5.74, 6) is 0.842. The molecule has 0 unspecified atom stereocenters. The van der Waals surface area contributed by atoms with E-state index in [1.165, 1.54) is 0 Å². The molecule has 0 radical (unpaired) electrons. The largest absolute Gasteiger partial charge is 0.497 e. The van der Waals surface area contributed by atoms with Crippen LogP contribution in [0.3, 0.4) is 0 Å². The van der Waals surface area contributed by atoms with Gasteiger partial charge >= 0.3 is 0 Å². The summed E-state index contributed by atoms with van der Waals surface area (Å²) in [7, 11) is -1.65. The molecule has 0 aromatic heterocycles. The second-order valence-corrected chi connectivity index (χ2v) is 7.40. The summed E-state index contributed by atoms with van der Waals surface area (Å²) in [6, 6.07) is 15.4. The van der Waals surface area contributed by atoms with E-state index in [-0.39, 0.29) is 5.75 Å². The van der Waals surface area contributed by atoms with Crippen LogP contribution in [0.25, 0.3) is 0 Å². The van der Waals surface area contributed by atoms with Gasteiger partial charge in [0.25, 0.3) is 0 Å². The molecule has 2 aromatic carbocycles. The predicted octanol–water partition coefficient (Wildman–Crippen LogP) is 3.06. The molecule has 5 heteroatoms. The number of benzene rings is 2. The first-order valence-electron chi connectivity index (χ1n) is 7.64. The fraction of sp³-hybridized carbons (Fsp3) is 0.333. The minimum absolute atomic E-state index is 0.0203. The minimum atomic E-state index is -3.29. The number of hydrogen-bond acceptors (Lipinski definition) is 3. The molecule has 0 amide bonds. The normalized spacial score (nSPS) is 11.4. The molecule has 2 aromatic rings. The van der Waals surface area contributed by atoms with Gasteiger partial charge in [-0.05, 0) is 43.0 Å². The van der Waals surface area contributed by atoms with Crippen molar-refractivity contribution in [2.24, 2.45) is 0 Å². The summed E-state index contributed by atoms with van der Waals surface area (Å²) in [6.07, 6.45) is 1.56. The van der Waals surface area contributed by atoms with Crippen molar-refractivity contribution in [3.63, 3.8) is 0 Å². The number of hydrogen-bond donors (Lipinski definition) is 1. The molecule has 0 heterocycles. The maximum Gasteiger partial charge on any atom is 0.215 e. The van der Waals surface area contributed by atoms with Gasteiger partial charge in [0.2, 0.25) is 10.0 Å². The van der Waals surface area contributed by atoms with Gasteiger partial charge in [0.15, 0.2) is 0 Å². The van der Waals surface area contributed by atoms with Crippen LogP contribution in [0.5, 0.6) is 5.75 Å². The van der Waals surface area contributed by atoms with Crippen LogP contribution in [0, 0.1) is 6.92 Å². The molecule has 0 fully saturated rings. The van der Waals surface area contributed by atoms with E-state index in [0.717, 1.165) is 35.3 Å². The average molecular weight is 333 g/mol. The lowest BCUT2D eigenvalue weighted by Gasteiger charge is -2.08. The molecule has 4 nitrogen and oxygen atoms in total. The molecule has 0 spiro atoms. The van der Waals surface area contributed by atoms with Gasteiger partial charge in [0.1, 0.15) is 5.75 Å². The van der Waals surface area contributed by atoms with E-state index >= 15 is 0 Å². The van der Waals surface area contributed by atoms with E-state index in [9.17, 15) is 8.42 Å². The molecule has 0 aliphatic heterocycles. The van der Waals surface area contributed by atoms with Crippen molar-refractivity contribution in [1.29, 1.82) is 0 Å². The highest BCUT2D eigenvalue weighted by molar-refractivity contribution is 7.88. The zero-order valence-corrected chi connectivity index (χ0v) is 14.4. The molecule has 0 saturated heterocycles. The van der Waals surface area contributed by atoms with E-state index in [4.69, 9.17) is 4.74 Å². The second kappa shape index (κ2) is 8.13. The lowest BCUT2D eigenvalue weighted by molar-refractivity contribution is 0.414. The highest BCUT2D eigenvalue weighted by atomic mass is 32.2. The van der Waals surface area contributed by atoms with E-state index in [1.807, 2.05) is 55.5 Å². The van der Waals surface area contributed by atoms with Gasteiger partial charge in [0.05, 0.1) is 12.9 Å². The Morgan fingerprint density at radius 2 is 1.78 bits per heavy atom. The van der Waals surface area contributed by atoms with Gasteiger partial charge in [-0.2, -0.15) is 0 Å². The quantitative estimate of drug-likeness (QED) is 0.756. The van der Waals surface area contributed by atoms with E-state index in [1.54, 1.807) is 7.11 Å². The second-order valence-electron chi connectivity index (χ2n) is 5.59. The molecular formula is C18H23NO3S. The van der Waals surface area contributed by atoms with Crippen molar-refractivity contribution in [1.82, 2.24) is 4.72 Å². The van der Waals surface area contributed by atoms with Gasteiger partial charge in [0, 0.05) is 6.54 Å². The average Bonchev–Trinajstić information content (AvgIpc) is 2.54. The summed E-state index contributed by atoms with van der Waals surface area (Å²) >= 11 is 0. The molecule has 124 valence electrons. The zero-order valence-electron chi connectivity index (χ0n) is 13.6. The van der Waals surface area contributed by atoms with Gasteiger partial charge in [-0.3, -0.25) is 0 Å². The fourth-order valence-electron chi connectivity index (χ4n) is 2.30. The molecule has 2 rings (SSSR count). The summed E-state index contributed by atoms with van der Waals surface area (Å²) in [5.41, 5.74) is 3.07. The molecular weight excluding hydrogens is 310 g/mol. The molecule has 0 saturated carbocycles. The van der Waals surface area contributed by atoms with Gasteiger partial charge in [-0.1, -0.05) is 42.0 Å². The third-order valence-electron chi connectivity index (χ3n) is 3.58. The van der Waals surface area contributed by atoms with E-state index in [0.29, 0.717) is 6.54 Å². The number of nitrogens with one attached hydrogen (secondary N) is 1. The summed E-state index contributed by atoms with van der Waals surface area (Å²) in [5, 5.41) is 0. The lowest BCUT2D eigenvalue weighted by atomic mass is 10.1. The first-order chi connectivity index (χ1) is 11.0. The topological polar surface area (TPSA) is 55.4 Å². The third-order valence-corrected chi connectivity index (χ3v) is 4.93. The Kier molecular flexibility index (Phi) is 6.19. The number of methoxy groups -OCH3 is 1. The number of aryl methyl sites for hydroxylation is 2. The number of rotatable bonds is 8. The van der Waals surface area contributed by atoms with Crippen molar-refractivity contribution >= 4 is 10.0 Å². The predicted molar refractivity (Wildman–Crippen MR) is 93.1 cm³/mol. The minimum Gasteiger partial charge on any atom is -0.497 e. The van der Waals surface area contributed by atoms with Gasteiger partial charge in [-0.15, -0.1) is 0 Å². The van der Waals surface area contributed by atoms with Gasteiger partial charge in [-0.25, -0.2) is 13.1 Å². The Morgan fingerprint density at radius 3 is 2.48 bits per heavy atom. The fourth-order valence-corrected chi connectivity index (χ4v) is 3.49. The third kappa shape index (κ3) is 6.04. The van der Waals surface area contributed by atoms with Crippen LogP contribution in [0.1, 0.15) is 23.1 Å². The molecule has 0 aliphatic carbocycles. The van der Waals surface area contributed by atoms with Crippen LogP contribution in [-0.4, -0.2) is 22.1 Å².